The molecule has 1 rings (SSSR count). The summed E-state index contributed by atoms with van der Waals surface area (Å²) in [5.74, 6) is 1.33. The number of aromatic nitrogens is 2. The number of aryl methyl sites for hydroxylation is 1. The van der Waals surface area contributed by atoms with E-state index in [1.807, 2.05) is 0 Å². The summed E-state index contributed by atoms with van der Waals surface area (Å²) in [5, 5.41) is 4.56. The zero-order chi connectivity index (χ0) is 11.3. The quantitative estimate of drug-likeness (QED) is 0.680. The van der Waals surface area contributed by atoms with Gasteiger partial charge in [-0.15, -0.1) is 11.6 Å². The Bertz CT molecular complexity index is 283. The van der Waals surface area contributed by atoms with Gasteiger partial charge in [0.1, 0.15) is 0 Å². The molecule has 1 aromatic rings. The first-order valence-corrected chi connectivity index (χ1v) is 6.30. The van der Waals surface area contributed by atoms with Gasteiger partial charge >= 0.3 is 0 Å². The Kier molecular flexibility index (Phi) is 5.16. The molecule has 0 aromatic carbocycles. The van der Waals surface area contributed by atoms with Crippen molar-refractivity contribution in [1.82, 2.24) is 9.78 Å². The molecule has 15 heavy (non-hydrogen) atoms. The second-order valence-electron chi connectivity index (χ2n) is 4.34. The van der Waals surface area contributed by atoms with Crippen LogP contribution >= 0.6 is 11.6 Å². The third-order valence-electron chi connectivity index (χ3n) is 2.86. The van der Waals surface area contributed by atoms with Crippen LogP contribution in [0.2, 0.25) is 0 Å². The number of alkyl halides is 1. The molecule has 0 amide bonds. The molecule has 3 heteroatoms. The maximum Gasteiger partial charge on any atom is 0.0624 e. The Hall–Kier alpha value is -0.500. The molecule has 1 aromatic heterocycles. The fourth-order valence-electron chi connectivity index (χ4n) is 1.41. The maximum absolute atomic E-state index is 5.77. The molecule has 1 heterocycles. The molecule has 0 bridgehead atoms. The third kappa shape index (κ3) is 3.86. The average molecular weight is 229 g/mol. The van der Waals surface area contributed by atoms with E-state index in [-0.39, 0.29) is 0 Å². The highest BCUT2D eigenvalue weighted by molar-refractivity contribution is 6.18. The van der Waals surface area contributed by atoms with Gasteiger partial charge in [0.05, 0.1) is 5.69 Å². The van der Waals surface area contributed by atoms with Crippen LogP contribution in [0.25, 0.3) is 0 Å². The van der Waals surface area contributed by atoms with Crippen molar-refractivity contribution in [3.63, 3.8) is 0 Å². The predicted molar refractivity (Wildman–Crippen MR) is 65.4 cm³/mol. The van der Waals surface area contributed by atoms with E-state index in [1.54, 1.807) is 0 Å². The van der Waals surface area contributed by atoms with Gasteiger partial charge in [0, 0.05) is 18.1 Å². The molecule has 0 fully saturated rings. The lowest BCUT2D eigenvalue weighted by molar-refractivity contribution is 0.470. The fraction of sp³-hybridized carbons (Fsp3) is 0.750. The lowest BCUT2D eigenvalue weighted by Crippen LogP contribution is -2.05. The van der Waals surface area contributed by atoms with Gasteiger partial charge in [-0.3, -0.25) is 4.68 Å². The Balaban J connectivity index is 2.46. The van der Waals surface area contributed by atoms with Crippen molar-refractivity contribution in [3.05, 3.63) is 18.0 Å². The van der Waals surface area contributed by atoms with Gasteiger partial charge in [0.25, 0.3) is 0 Å². The Morgan fingerprint density at radius 2 is 2.20 bits per heavy atom. The van der Waals surface area contributed by atoms with Gasteiger partial charge in [0.2, 0.25) is 0 Å². The first kappa shape index (κ1) is 12.6. The highest BCUT2D eigenvalue weighted by Gasteiger charge is 2.06. The highest BCUT2D eigenvalue weighted by atomic mass is 35.5. The molecular weight excluding hydrogens is 208 g/mol. The summed E-state index contributed by atoms with van der Waals surface area (Å²) in [7, 11) is 0. The summed E-state index contributed by atoms with van der Waals surface area (Å²) >= 11 is 5.77. The lowest BCUT2D eigenvalue weighted by Gasteiger charge is -2.08. The van der Waals surface area contributed by atoms with Crippen molar-refractivity contribution >= 4 is 11.6 Å². The van der Waals surface area contributed by atoms with E-state index in [0.717, 1.165) is 25.1 Å². The molecule has 0 radical (unpaired) electrons. The SMILES string of the molecule is CCC(C)n1ccc(CCC(C)CCl)n1. The minimum absolute atomic E-state index is 0.504. The van der Waals surface area contributed by atoms with Crippen molar-refractivity contribution in [2.45, 2.75) is 46.1 Å². The molecule has 86 valence electrons. The summed E-state index contributed by atoms with van der Waals surface area (Å²) in [6.45, 7) is 6.55. The van der Waals surface area contributed by atoms with Gasteiger partial charge in [0.15, 0.2) is 0 Å². The van der Waals surface area contributed by atoms with E-state index in [4.69, 9.17) is 11.6 Å². The first-order chi connectivity index (χ1) is 7.17. The van der Waals surface area contributed by atoms with Crippen LogP contribution in [0.3, 0.4) is 0 Å². The fourth-order valence-corrected chi connectivity index (χ4v) is 1.57. The topological polar surface area (TPSA) is 17.8 Å². The largest absolute Gasteiger partial charge is 0.270 e. The van der Waals surface area contributed by atoms with E-state index in [2.05, 4.69) is 42.8 Å². The summed E-state index contributed by atoms with van der Waals surface area (Å²) in [6, 6.07) is 2.62. The molecule has 0 saturated heterocycles. The number of hydrogen-bond acceptors (Lipinski definition) is 1. The molecule has 0 aliphatic carbocycles. The second kappa shape index (κ2) is 6.16. The van der Waals surface area contributed by atoms with Crippen molar-refractivity contribution in [3.8, 4) is 0 Å². The van der Waals surface area contributed by atoms with E-state index < -0.39 is 0 Å². The van der Waals surface area contributed by atoms with Crippen LogP contribution in [-0.2, 0) is 6.42 Å². The minimum atomic E-state index is 0.504. The van der Waals surface area contributed by atoms with Crippen molar-refractivity contribution < 1.29 is 0 Å². The average Bonchev–Trinajstić information content (AvgIpc) is 2.73. The third-order valence-corrected chi connectivity index (χ3v) is 3.39. The monoisotopic (exact) mass is 228 g/mol. The summed E-state index contributed by atoms with van der Waals surface area (Å²) in [5.41, 5.74) is 1.19. The van der Waals surface area contributed by atoms with Gasteiger partial charge in [-0.05, 0) is 38.2 Å². The Labute approximate surface area is 97.6 Å². The van der Waals surface area contributed by atoms with Crippen LogP contribution in [0.15, 0.2) is 12.3 Å². The smallest absolute Gasteiger partial charge is 0.0624 e. The second-order valence-corrected chi connectivity index (χ2v) is 4.65. The van der Waals surface area contributed by atoms with Gasteiger partial charge in [-0.1, -0.05) is 13.8 Å². The molecule has 0 aliphatic rings. The Morgan fingerprint density at radius 1 is 1.47 bits per heavy atom. The molecular formula is C12H21ClN2. The minimum Gasteiger partial charge on any atom is -0.270 e. The zero-order valence-corrected chi connectivity index (χ0v) is 10.7. The van der Waals surface area contributed by atoms with Crippen LogP contribution in [-0.4, -0.2) is 15.7 Å². The van der Waals surface area contributed by atoms with Gasteiger partial charge in [-0.2, -0.15) is 5.10 Å². The number of hydrogen-bond donors (Lipinski definition) is 0. The standard InChI is InChI=1S/C12H21ClN2/c1-4-11(3)15-8-7-12(14-15)6-5-10(2)9-13/h7-8,10-11H,4-6,9H2,1-3H3. The van der Waals surface area contributed by atoms with Crippen molar-refractivity contribution in [2.75, 3.05) is 5.88 Å². The zero-order valence-electron chi connectivity index (χ0n) is 9.91. The highest BCUT2D eigenvalue weighted by Crippen LogP contribution is 2.12. The van der Waals surface area contributed by atoms with Crippen molar-refractivity contribution in [1.29, 1.82) is 0 Å². The first-order valence-electron chi connectivity index (χ1n) is 5.77. The molecule has 2 atom stereocenters. The molecule has 2 nitrogen and oxygen atoms in total. The normalized spacial score (nSPS) is 15.2. The van der Waals surface area contributed by atoms with Crippen LogP contribution in [0.5, 0.6) is 0 Å². The molecule has 0 spiro atoms. The Morgan fingerprint density at radius 3 is 2.80 bits per heavy atom. The number of halogens is 1. The molecule has 0 aliphatic heterocycles. The predicted octanol–water partition coefficient (Wildman–Crippen LogP) is 3.66. The lowest BCUT2D eigenvalue weighted by atomic mass is 10.1. The van der Waals surface area contributed by atoms with Crippen LogP contribution in [0.1, 0.15) is 45.3 Å². The van der Waals surface area contributed by atoms with Crippen LogP contribution in [0, 0.1) is 5.92 Å². The van der Waals surface area contributed by atoms with Gasteiger partial charge in [-0.25, -0.2) is 0 Å². The summed E-state index contributed by atoms with van der Waals surface area (Å²) in [6.07, 6.45) is 5.37. The van der Waals surface area contributed by atoms with E-state index in [9.17, 15) is 0 Å². The number of rotatable bonds is 6. The number of nitrogens with zero attached hydrogens (tertiary/aromatic N) is 2. The molecule has 0 saturated carbocycles. The maximum atomic E-state index is 5.77. The summed E-state index contributed by atoms with van der Waals surface area (Å²) < 4.78 is 2.06. The van der Waals surface area contributed by atoms with Gasteiger partial charge < -0.3 is 0 Å². The van der Waals surface area contributed by atoms with E-state index >= 15 is 0 Å². The van der Waals surface area contributed by atoms with Crippen molar-refractivity contribution in [2.24, 2.45) is 5.92 Å². The molecule has 0 N–H and O–H groups in total. The molecule has 2 unspecified atom stereocenters. The van der Waals surface area contributed by atoms with E-state index in [1.165, 1.54) is 5.69 Å². The van der Waals surface area contributed by atoms with Crippen LogP contribution < -0.4 is 0 Å². The van der Waals surface area contributed by atoms with E-state index in [0.29, 0.717) is 12.0 Å². The summed E-state index contributed by atoms with van der Waals surface area (Å²) in [4.78, 5) is 0. The van der Waals surface area contributed by atoms with Crippen LogP contribution in [0.4, 0.5) is 0 Å².